The largest absolute Gasteiger partial charge is 0.486 e. The van der Waals surface area contributed by atoms with Gasteiger partial charge in [-0.25, -0.2) is 9.67 Å². The van der Waals surface area contributed by atoms with E-state index < -0.39 is 0 Å². The van der Waals surface area contributed by atoms with Crippen LogP contribution in [0.1, 0.15) is 0 Å². The Bertz CT molecular complexity index is 839. The van der Waals surface area contributed by atoms with E-state index in [-0.39, 0.29) is 5.56 Å². The van der Waals surface area contributed by atoms with E-state index in [1.54, 1.807) is 30.6 Å². The van der Waals surface area contributed by atoms with Crippen molar-refractivity contribution >= 4 is 10.9 Å². The molecule has 0 amide bonds. The van der Waals surface area contributed by atoms with Crippen molar-refractivity contribution in [2.75, 3.05) is 13.2 Å². The van der Waals surface area contributed by atoms with Crippen molar-refractivity contribution in [3.05, 3.63) is 40.9 Å². The standard InChI is InChI=1S/C13H10N4O3/c18-12-8-2-3-9-11(20-7-6-19-9)10(8)15-13(16-12)17-5-1-4-14-17/h1-5H,6-7H2,(H,15,16,18). The number of fused-ring (bicyclic) bond motifs is 3. The van der Waals surface area contributed by atoms with Crippen LogP contribution >= 0.6 is 0 Å². The van der Waals surface area contributed by atoms with Crippen LogP contribution in [0, 0.1) is 0 Å². The Balaban J connectivity index is 2.04. The number of hydrogen-bond acceptors (Lipinski definition) is 5. The Morgan fingerprint density at radius 3 is 3.00 bits per heavy atom. The fourth-order valence-electron chi connectivity index (χ4n) is 2.20. The fraction of sp³-hybridized carbons (Fsp3) is 0.154. The number of benzene rings is 1. The number of nitrogens with zero attached hydrogens (tertiary/aromatic N) is 3. The molecule has 4 rings (SSSR count). The molecule has 0 bridgehead atoms. The highest BCUT2D eigenvalue weighted by Crippen LogP contribution is 2.35. The van der Waals surface area contributed by atoms with Gasteiger partial charge in [-0.1, -0.05) is 0 Å². The van der Waals surface area contributed by atoms with Crippen LogP contribution in [0.15, 0.2) is 35.4 Å². The van der Waals surface area contributed by atoms with E-state index in [0.29, 0.717) is 41.6 Å². The van der Waals surface area contributed by atoms with E-state index in [2.05, 4.69) is 15.1 Å². The average Bonchev–Trinajstić information content (AvgIpc) is 3.01. The molecule has 0 spiro atoms. The van der Waals surface area contributed by atoms with Gasteiger partial charge in [0.25, 0.3) is 5.56 Å². The topological polar surface area (TPSA) is 82.0 Å². The molecule has 0 aliphatic carbocycles. The SMILES string of the molecule is O=c1[nH]c(-n2cccn2)nc2c3c(ccc12)OCCO3. The summed E-state index contributed by atoms with van der Waals surface area (Å²) in [7, 11) is 0. The molecule has 20 heavy (non-hydrogen) atoms. The molecule has 0 atom stereocenters. The lowest BCUT2D eigenvalue weighted by Gasteiger charge is -2.19. The molecule has 7 nitrogen and oxygen atoms in total. The van der Waals surface area contributed by atoms with Gasteiger partial charge in [0.15, 0.2) is 11.5 Å². The maximum Gasteiger partial charge on any atom is 0.260 e. The van der Waals surface area contributed by atoms with E-state index in [9.17, 15) is 4.79 Å². The molecule has 1 aliphatic rings. The molecule has 1 aliphatic heterocycles. The van der Waals surface area contributed by atoms with Crippen LogP contribution in [0.3, 0.4) is 0 Å². The van der Waals surface area contributed by atoms with E-state index >= 15 is 0 Å². The van der Waals surface area contributed by atoms with Crippen LogP contribution < -0.4 is 15.0 Å². The Kier molecular flexibility index (Phi) is 2.26. The first-order valence-corrected chi connectivity index (χ1v) is 6.15. The van der Waals surface area contributed by atoms with Gasteiger partial charge in [-0.15, -0.1) is 0 Å². The van der Waals surface area contributed by atoms with Crippen molar-refractivity contribution in [3.63, 3.8) is 0 Å². The van der Waals surface area contributed by atoms with E-state index in [0.717, 1.165) is 0 Å². The first-order valence-electron chi connectivity index (χ1n) is 6.15. The molecule has 0 saturated heterocycles. The third-order valence-electron chi connectivity index (χ3n) is 3.09. The van der Waals surface area contributed by atoms with E-state index in [4.69, 9.17) is 9.47 Å². The molecule has 7 heteroatoms. The lowest BCUT2D eigenvalue weighted by atomic mass is 10.2. The molecule has 0 saturated carbocycles. The molecular weight excluding hydrogens is 260 g/mol. The van der Waals surface area contributed by atoms with E-state index in [1.165, 1.54) is 4.68 Å². The molecule has 2 aromatic heterocycles. The van der Waals surface area contributed by atoms with Crippen LogP contribution in [0.2, 0.25) is 0 Å². The maximum atomic E-state index is 12.1. The quantitative estimate of drug-likeness (QED) is 0.709. The van der Waals surface area contributed by atoms with Gasteiger partial charge in [-0.05, 0) is 18.2 Å². The lowest BCUT2D eigenvalue weighted by molar-refractivity contribution is 0.173. The summed E-state index contributed by atoms with van der Waals surface area (Å²) in [5.74, 6) is 1.46. The molecule has 3 aromatic rings. The van der Waals surface area contributed by atoms with Gasteiger partial charge in [0.1, 0.15) is 18.7 Å². The van der Waals surface area contributed by atoms with Crippen LogP contribution in [-0.2, 0) is 0 Å². The molecule has 1 N–H and O–H groups in total. The highest BCUT2D eigenvalue weighted by atomic mass is 16.6. The zero-order chi connectivity index (χ0) is 13.5. The highest BCUT2D eigenvalue weighted by molar-refractivity contribution is 5.87. The van der Waals surface area contributed by atoms with Crippen molar-refractivity contribution < 1.29 is 9.47 Å². The number of nitrogens with one attached hydrogen (secondary N) is 1. The van der Waals surface area contributed by atoms with Crippen molar-refractivity contribution in [1.29, 1.82) is 0 Å². The second-order valence-electron chi connectivity index (χ2n) is 4.33. The number of hydrogen-bond donors (Lipinski definition) is 1. The number of aromatic amines is 1. The molecule has 0 unspecified atom stereocenters. The molecule has 0 fully saturated rings. The predicted molar refractivity (Wildman–Crippen MR) is 70.5 cm³/mol. The Morgan fingerprint density at radius 1 is 1.25 bits per heavy atom. The summed E-state index contributed by atoms with van der Waals surface area (Å²) >= 11 is 0. The molecular formula is C13H10N4O3. The van der Waals surface area contributed by atoms with Crippen LogP contribution in [-0.4, -0.2) is 33.0 Å². The maximum absolute atomic E-state index is 12.1. The zero-order valence-corrected chi connectivity index (χ0v) is 10.4. The third-order valence-corrected chi connectivity index (χ3v) is 3.09. The lowest BCUT2D eigenvalue weighted by Crippen LogP contribution is -2.18. The zero-order valence-electron chi connectivity index (χ0n) is 10.4. The van der Waals surface area contributed by atoms with Crippen molar-refractivity contribution in [3.8, 4) is 17.4 Å². The third kappa shape index (κ3) is 1.56. The molecule has 3 heterocycles. The highest BCUT2D eigenvalue weighted by Gasteiger charge is 2.18. The summed E-state index contributed by atoms with van der Waals surface area (Å²) < 4.78 is 12.6. The van der Waals surface area contributed by atoms with Crippen molar-refractivity contribution in [1.82, 2.24) is 19.7 Å². The van der Waals surface area contributed by atoms with Crippen molar-refractivity contribution in [2.45, 2.75) is 0 Å². The van der Waals surface area contributed by atoms with Crippen LogP contribution in [0.25, 0.3) is 16.9 Å². The molecule has 1 aromatic carbocycles. The summed E-state index contributed by atoms with van der Waals surface area (Å²) in [6.45, 7) is 0.936. The van der Waals surface area contributed by atoms with Gasteiger partial charge in [0.2, 0.25) is 5.95 Å². The van der Waals surface area contributed by atoms with Crippen LogP contribution in [0.4, 0.5) is 0 Å². The minimum Gasteiger partial charge on any atom is -0.486 e. The summed E-state index contributed by atoms with van der Waals surface area (Å²) in [5, 5.41) is 4.52. The molecule has 100 valence electrons. The Labute approximate surface area is 112 Å². The first kappa shape index (κ1) is 11.0. The monoisotopic (exact) mass is 270 g/mol. The smallest absolute Gasteiger partial charge is 0.260 e. The van der Waals surface area contributed by atoms with Crippen LogP contribution in [0.5, 0.6) is 11.5 Å². The first-order chi connectivity index (χ1) is 9.83. The summed E-state index contributed by atoms with van der Waals surface area (Å²) in [6.07, 6.45) is 3.32. The second-order valence-corrected chi connectivity index (χ2v) is 4.33. The van der Waals surface area contributed by atoms with Gasteiger partial charge in [-0.2, -0.15) is 5.10 Å². The van der Waals surface area contributed by atoms with Gasteiger partial charge in [0, 0.05) is 12.4 Å². The fourth-order valence-corrected chi connectivity index (χ4v) is 2.20. The molecule has 0 radical (unpaired) electrons. The Hall–Kier alpha value is -2.83. The minimum absolute atomic E-state index is 0.238. The van der Waals surface area contributed by atoms with Crippen molar-refractivity contribution in [2.24, 2.45) is 0 Å². The van der Waals surface area contributed by atoms with Gasteiger partial charge >= 0.3 is 0 Å². The average molecular weight is 270 g/mol. The van der Waals surface area contributed by atoms with E-state index in [1.807, 2.05) is 0 Å². The van der Waals surface area contributed by atoms with Gasteiger partial charge in [-0.3, -0.25) is 9.78 Å². The second kappa shape index (κ2) is 4.09. The number of aromatic nitrogens is 4. The minimum atomic E-state index is -0.238. The number of rotatable bonds is 1. The number of H-pyrrole nitrogens is 1. The summed E-state index contributed by atoms with van der Waals surface area (Å²) in [5.41, 5.74) is 0.244. The van der Waals surface area contributed by atoms with Gasteiger partial charge in [0.05, 0.1) is 5.39 Å². The normalized spacial score (nSPS) is 13.6. The summed E-state index contributed by atoms with van der Waals surface area (Å²) in [6, 6.07) is 5.16. The van der Waals surface area contributed by atoms with Gasteiger partial charge < -0.3 is 9.47 Å². The Morgan fingerprint density at radius 2 is 2.15 bits per heavy atom. The predicted octanol–water partition coefficient (Wildman–Crippen LogP) is 0.880. The summed E-state index contributed by atoms with van der Waals surface area (Å²) in [4.78, 5) is 19.3. The number of ether oxygens (including phenoxy) is 2.